The van der Waals surface area contributed by atoms with Crippen LogP contribution in [0.5, 0.6) is 0 Å². The van der Waals surface area contributed by atoms with E-state index in [0.717, 1.165) is 58.8 Å². The SMILES string of the molecule is CC(C)(C)OC(=O)N1CCCC(C(=O)NCC(C2CCOC2)N2CCOCC2)C1. The standard InChI is InChI=1S/C21H37N3O5/c1-21(2,3)29-20(26)24-7-4-5-16(14-24)19(25)22-13-18(17-6-10-28-15-17)23-8-11-27-12-9-23/h16-18H,4-15H2,1-3H3,(H,22,25). The Morgan fingerprint density at radius 2 is 1.86 bits per heavy atom. The van der Waals surface area contributed by atoms with E-state index in [0.29, 0.717) is 25.6 Å². The summed E-state index contributed by atoms with van der Waals surface area (Å²) < 4.78 is 16.6. The van der Waals surface area contributed by atoms with Gasteiger partial charge in [0.05, 0.1) is 25.7 Å². The smallest absolute Gasteiger partial charge is 0.410 e. The second-order valence-corrected chi connectivity index (χ2v) is 9.35. The Hall–Kier alpha value is -1.38. The van der Waals surface area contributed by atoms with Crippen LogP contribution in [-0.2, 0) is 19.0 Å². The molecule has 1 N–H and O–H groups in total. The number of likely N-dealkylation sites (tertiary alicyclic amines) is 1. The summed E-state index contributed by atoms with van der Waals surface area (Å²) >= 11 is 0. The second kappa shape index (κ2) is 10.1. The number of amides is 2. The Labute approximate surface area is 174 Å². The van der Waals surface area contributed by atoms with Crippen molar-refractivity contribution in [1.29, 1.82) is 0 Å². The van der Waals surface area contributed by atoms with Crippen LogP contribution in [0, 0.1) is 11.8 Å². The zero-order valence-corrected chi connectivity index (χ0v) is 18.2. The fourth-order valence-electron chi connectivity index (χ4n) is 4.39. The highest BCUT2D eigenvalue weighted by Crippen LogP contribution is 2.23. The molecule has 0 aromatic rings. The van der Waals surface area contributed by atoms with E-state index in [1.54, 1.807) is 4.90 Å². The minimum Gasteiger partial charge on any atom is -0.444 e. The maximum atomic E-state index is 12.9. The molecule has 3 atom stereocenters. The molecule has 0 aliphatic carbocycles. The van der Waals surface area contributed by atoms with Gasteiger partial charge >= 0.3 is 6.09 Å². The molecule has 166 valence electrons. The lowest BCUT2D eigenvalue weighted by atomic mass is 9.95. The number of piperidine rings is 1. The lowest BCUT2D eigenvalue weighted by molar-refractivity contribution is -0.127. The summed E-state index contributed by atoms with van der Waals surface area (Å²) in [7, 11) is 0. The molecule has 2 amide bonds. The van der Waals surface area contributed by atoms with E-state index in [-0.39, 0.29) is 24.0 Å². The quantitative estimate of drug-likeness (QED) is 0.738. The lowest BCUT2D eigenvalue weighted by Gasteiger charge is -2.38. The van der Waals surface area contributed by atoms with Crippen molar-refractivity contribution in [3.63, 3.8) is 0 Å². The van der Waals surface area contributed by atoms with Gasteiger partial charge < -0.3 is 24.4 Å². The topological polar surface area (TPSA) is 80.3 Å². The summed E-state index contributed by atoms with van der Waals surface area (Å²) in [4.78, 5) is 29.4. The summed E-state index contributed by atoms with van der Waals surface area (Å²) in [6.07, 6.45) is 2.33. The predicted octanol–water partition coefficient (Wildman–Crippen LogP) is 1.49. The van der Waals surface area contributed by atoms with Crippen LogP contribution in [0.2, 0.25) is 0 Å². The molecule has 0 spiro atoms. The molecule has 0 saturated carbocycles. The molecule has 0 aromatic carbocycles. The Balaban J connectivity index is 1.52. The van der Waals surface area contributed by atoms with E-state index in [9.17, 15) is 9.59 Å². The first-order valence-corrected chi connectivity index (χ1v) is 11.0. The molecular formula is C21H37N3O5. The highest BCUT2D eigenvalue weighted by molar-refractivity contribution is 5.80. The zero-order chi connectivity index (χ0) is 20.9. The Kier molecular flexibility index (Phi) is 7.76. The van der Waals surface area contributed by atoms with Crippen LogP contribution in [0.15, 0.2) is 0 Å². The van der Waals surface area contributed by atoms with Gasteiger partial charge in [-0.05, 0) is 40.0 Å². The van der Waals surface area contributed by atoms with E-state index >= 15 is 0 Å². The largest absolute Gasteiger partial charge is 0.444 e. The van der Waals surface area contributed by atoms with Crippen molar-refractivity contribution in [3.8, 4) is 0 Å². The Bertz CT molecular complexity index is 553. The first-order valence-electron chi connectivity index (χ1n) is 11.0. The third kappa shape index (κ3) is 6.55. The molecule has 3 aliphatic rings. The minimum absolute atomic E-state index is 0.0374. The van der Waals surface area contributed by atoms with E-state index in [1.165, 1.54) is 0 Å². The van der Waals surface area contributed by atoms with Gasteiger partial charge in [0.2, 0.25) is 5.91 Å². The van der Waals surface area contributed by atoms with Crippen LogP contribution in [-0.4, -0.2) is 92.6 Å². The molecule has 8 heteroatoms. The van der Waals surface area contributed by atoms with Crippen molar-refractivity contribution in [1.82, 2.24) is 15.1 Å². The zero-order valence-electron chi connectivity index (χ0n) is 18.2. The number of ether oxygens (including phenoxy) is 3. The number of morpholine rings is 1. The van der Waals surface area contributed by atoms with Crippen molar-refractivity contribution < 1.29 is 23.8 Å². The van der Waals surface area contributed by atoms with E-state index < -0.39 is 5.60 Å². The van der Waals surface area contributed by atoms with Gasteiger partial charge in [-0.1, -0.05) is 0 Å². The summed E-state index contributed by atoms with van der Waals surface area (Å²) in [5.41, 5.74) is -0.527. The molecule has 3 fully saturated rings. The number of carbonyl (C=O) groups is 2. The summed E-state index contributed by atoms with van der Waals surface area (Å²) in [5.74, 6) is 0.301. The molecule has 0 aromatic heterocycles. The number of hydrogen-bond donors (Lipinski definition) is 1. The van der Waals surface area contributed by atoms with Crippen molar-refractivity contribution in [2.75, 3.05) is 59.2 Å². The average molecular weight is 412 g/mol. The van der Waals surface area contributed by atoms with Gasteiger partial charge in [0, 0.05) is 51.3 Å². The van der Waals surface area contributed by atoms with Gasteiger partial charge in [0.15, 0.2) is 0 Å². The van der Waals surface area contributed by atoms with Gasteiger partial charge in [0.25, 0.3) is 0 Å². The predicted molar refractivity (Wildman–Crippen MR) is 109 cm³/mol. The molecule has 3 rings (SSSR count). The average Bonchev–Trinajstić information content (AvgIpc) is 3.22. The number of hydrogen-bond acceptors (Lipinski definition) is 6. The third-order valence-electron chi connectivity index (χ3n) is 5.95. The van der Waals surface area contributed by atoms with Crippen LogP contribution < -0.4 is 5.32 Å². The maximum Gasteiger partial charge on any atom is 0.410 e. The molecule has 8 nitrogen and oxygen atoms in total. The van der Waals surface area contributed by atoms with E-state index in [4.69, 9.17) is 14.2 Å². The van der Waals surface area contributed by atoms with Gasteiger partial charge in [0.1, 0.15) is 5.60 Å². The van der Waals surface area contributed by atoms with Crippen molar-refractivity contribution >= 4 is 12.0 Å². The van der Waals surface area contributed by atoms with Gasteiger partial charge in [-0.2, -0.15) is 0 Å². The third-order valence-corrected chi connectivity index (χ3v) is 5.95. The Morgan fingerprint density at radius 1 is 1.10 bits per heavy atom. The summed E-state index contributed by atoms with van der Waals surface area (Å²) in [6, 6.07) is 0.274. The number of rotatable bonds is 5. The molecule has 0 radical (unpaired) electrons. The summed E-state index contributed by atoms with van der Waals surface area (Å²) in [5, 5.41) is 3.18. The highest BCUT2D eigenvalue weighted by atomic mass is 16.6. The van der Waals surface area contributed by atoms with Gasteiger partial charge in [-0.25, -0.2) is 4.79 Å². The molecule has 3 saturated heterocycles. The molecule has 3 heterocycles. The lowest BCUT2D eigenvalue weighted by Crippen LogP contribution is -2.54. The van der Waals surface area contributed by atoms with Gasteiger partial charge in [-0.3, -0.25) is 9.69 Å². The normalized spacial score (nSPS) is 27.5. The monoisotopic (exact) mass is 411 g/mol. The van der Waals surface area contributed by atoms with E-state index in [2.05, 4.69) is 10.2 Å². The molecule has 3 unspecified atom stereocenters. The van der Waals surface area contributed by atoms with Crippen LogP contribution in [0.25, 0.3) is 0 Å². The van der Waals surface area contributed by atoms with Gasteiger partial charge in [-0.15, -0.1) is 0 Å². The number of nitrogens with one attached hydrogen (secondary N) is 1. The van der Waals surface area contributed by atoms with Crippen molar-refractivity contribution in [3.05, 3.63) is 0 Å². The van der Waals surface area contributed by atoms with Crippen LogP contribution in [0.4, 0.5) is 4.79 Å². The first kappa shape index (κ1) is 22.3. The van der Waals surface area contributed by atoms with Crippen molar-refractivity contribution in [2.45, 2.75) is 51.7 Å². The fraction of sp³-hybridized carbons (Fsp3) is 0.905. The number of carbonyl (C=O) groups excluding carboxylic acids is 2. The second-order valence-electron chi connectivity index (χ2n) is 9.35. The van der Waals surface area contributed by atoms with Crippen LogP contribution in [0.1, 0.15) is 40.0 Å². The van der Waals surface area contributed by atoms with Crippen LogP contribution in [0.3, 0.4) is 0 Å². The minimum atomic E-state index is -0.527. The number of nitrogens with zero attached hydrogens (tertiary/aromatic N) is 2. The molecule has 0 bridgehead atoms. The van der Waals surface area contributed by atoms with Crippen molar-refractivity contribution in [2.24, 2.45) is 11.8 Å². The molecule has 3 aliphatic heterocycles. The molecular weight excluding hydrogens is 374 g/mol. The first-order chi connectivity index (χ1) is 13.8. The summed E-state index contributed by atoms with van der Waals surface area (Å²) in [6.45, 7) is 12.1. The maximum absolute atomic E-state index is 12.9. The van der Waals surface area contributed by atoms with E-state index in [1.807, 2.05) is 20.8 Å². The molecule has 29 heavy (non-hydrogen) atoms. The highest BCUT2D eigenvalue weighted by Gasteiger charge is 2.34. The Morgan fingerprint density at radius 3 is 2.52 bits per heavy atom. The van der Waals surface area contributed by atoms with Crippen LogP contribution >= 0.6 is 0 Å². The fourth-order valence-corrected chi connectivity index (χ4v) is 4.39.